The zero-order valence-corrected chi connectivity index (χ0v) is 17.5. The van der Waals surface area contributed by atoms with Gasteiger partial charge in [0.2, 0.25) is 5.91 Å². The summed E-state index contributed by atoms with van der Waals surface area (Å²) in [5, 5.41) is 11.4. The van der Waals surface area contributed by atoms with Crippen LogP contribution in [-0.4, -0.2) is 41.4 Å². The Balaban J connectivity index is 1.46. The van der Waals surface area contributed by atoms with Crippen molar-refractivity contribution >= 4 is 40.7 Å². The third kappa shape index (κ3) is 3.88. The first-order valence-corrected chi connectivity index (χ1v) is 10.0. The lowest BCUT2D eigenvalue weighted by Crippen LogP contribution is -2.43. The molecular weight excluding hydrogens is 425 g/mol. The van der Waals surface area contributed by atoms with Crippen LogP contribution in [0.4, 0.5) is 15.8 Å². The SMILES string of the molecule is CC(C)c1ccc(NC(=O)CN2N=N[C@H]3C(=O)N(c4ccc(F)c(Cl)c4)C(=O)[C@@H]32)cc1. The van der Waals surface area contributed by atoms with Gasteiger partial charge in [-0.15, -0.1) is 0 Å². The first-order chi connectivity index (χ1) is 14.8. The molecule has 2 heterocycles. The van der Waals surface area contributed by atoms with E-state index in [-0.39, 0.29) is 17.3 Å². The Morgan fingerprint density at radius 3 is 2.52 bits per heavy atom. The van der Waals surface area contributed by atoms with Gasteiger partial charge >= 0.3 is 0 Å². The fourth-order valence-electron chi connectivity index (χ4n) is 3.53. The Bertz CT molecular complexity index is 1090. The highest BCUT2D eigenvalue weighted by atomic mass is 35.5. The van der Waals surface area contributed by atoms with Crippen LogP contribution in [0.25, 0.3) is 0 Å². The molecule has 31 heavy (non-hydrogen) atoms. The Hall–Kier alpha value is -3.33. The van der Waals surface area contributed by atoms with Gasteiger partial charge in [0.05, 0.1) is 10.7 Å². The first kappa shape index (κ1) is 20.9. The van der Waals surface area contributed by atoms with E-state index in [1.807, 2.05) is 12.1 Å². The van der Waals surface area contributed by atoms with Gasteiger partial charge in [0.25, 0.3) is 11.8 Å². The van der Waals surface area contributed by atoms with Crippen molar-refractivity contribution in [2.75, 3.05) is 16.8 Å². The van der Waals surface area contributed by atoms with Gasteiger partial charge in [-0.05, 0) is 41.8 Å². The van der Waals surface area contributed by atoms with Crippen molar-refractivity contribution in [3.05, 3.63) is 58.9 Å². The van der Waals surface area contributed by atoms with Crippen LogP contribution in [0.1, 0.15) is 25.3 Å². The van der Waals surface area contributed by atoms with Gasteiger partial charge < -0.3 is 5.32 Å². The van der Waals surface area contributed by atoms with Gasteiger partial charge in [-0.25, -0.2) is 9.29 Å². The molecule has 10 heteroatoms. The van der Waals surface area contributed by atoms with Crippen molar-refractivity contribution in [2.45, 2.75) is 31.8 Å². The number of imide groups is 1. The van der Waals surface area contributed by atoms with E-state index < -0.39 is 35.6 Å². The molecule has 2 aliphatic heterocycles. The molecule has 2 aromatic carbocycles. The number of amides is 3. The van der Waals surface area contributed by atoms with E-state index in [1.165, 1.54) is 17.1 Å². The second-order valence-electron chi connectivity index (χ2n) is 7.63. The highest BCUT2D eigenvalue weighted by Gasteiger charge is 2.55. The van der Waals surface area contributed by atoms with Crippen molar-refractivity contribution in [1.29, 1.82) is 0 Å². The summed E-state index contributed by atoms with van der Waals surface area (Å²) in [6.07, 6.45) is 0. The van der Waals surface area contributed by atoms with Crippen LogP contribution in [0.5, 0.6) is 0 Å². The Labute approximate surface area is 182 Å². The fourth-order valence-corrected chi connectivity index (χ4v) is 3.71. The lowest BCUT2D eigenvalue weighted by molar-refractivity contribution is -0.123. The lowest BCUT2D eigenvalue weighted by Gasteiger charge is -2.20. The van der Waals surface area contributed by atoms with E-state index in [2.05, 4.69) is 29.5 Å². The molecule has 3 amide bonds. The fraction of sp³-hybridized carbons (Fsp3) is 0.286. The molecular formula is C21H19ClFN5O3. The number of benzene rings is 2. The molecule has 0 spiro atoms. The molecule has 0 aliphatic carbocycles. The normalized spacial score (nSPS) is 20.0. The number of carbonyl (C=O) groups is 3. The summed E-state index contributed by atoms with van der Waals surface area (Å²) in [5.74, 6) is -1.90. The van der Waals surface area contributed by atoms with Gasteiger partial charge in [-0.2, -0.15) is 5.11 Å². The average molecular weight is 444 g/mol. The number of nitrogens with zero attached hydrogens (tertiary/aromatic N) is 4. The molecule has 0 unspecified atom stereocenters. The van der Waals surface area contributed by atoms with Crippen LogP contribution in [0.2, 0.25) is 5.02 Å². The van der Waals surface area contributed by atoms with Crippen molar-refractivity contribution in [1.82, 2.24) is 5.01 Å². The van der Waals surface area contributed by atoms with Gasteiger partial charge in [-0.3, -0.25) is 19.4 Å². The highest BCUT2D eigenvalue weighted by Crippen LogP contribution is 2.33. The molecule has 0 aromatic heterocycles. The molecule has 1 fully saturated rings. The molecule has 2 aromatic rings. The Kier molecular flexibility index (Phi) is 5.45. The van der Waals surface area contributed by atoms with Crippen LogP contribution in [0.3, 0.4) is 0 Å². The Morgan fingerprint density at radius 2 is 1.87 bits per heavy atom. The molecule has 1 saturated heterocycles. The van der Waals surface area contributed by atoms with Crippen LogP contribution < -0.4 is 10.2 Å². The zero-order valence-electron chi connectivity index (χ0n) is 16.8. The summed E-state index contributed by atoms with van der Waals surface area (Å²) < 4.78 is 13.5. The maximum atomic E-state index is 13.5. The molecule has 0 saturated carbocycles. The first-order valence-electron chi connectivity index (χ1n) is 9.66. The minimum atomic E-state index is -1.06. The average Bonchev–Trinajstić information content (AvgIpc) is 3.24. The third-order valence-corrected chi connectivity index (χ3v) is 5.48. The standard InChI is InChI=1S/C21H19ClFN5O3/c1-11(2)12-3-5-13(6-4-12)24-17(29)10-27-19-18(25-26-27)20(30)28(21(19)31)14-7-8-16(23)15(22)9-14/h3-9,11,18-19H,10H2,1-2H3,(H,24,29)/t18-,19-/m1/s1. The summed E-state index contributed by atoms with van der Waals surface area (Å²) in [4.78, 5) is 39.0. The van der Waals surface area contributed by atoms with E-state index in [4.69, 9.17) is 11.6 Å². The number of nitrogens with one attached hydrogen (secondary N) is 1. The van der Waals surface area contributed by atoms with Crippen molar-refractivity contribution in [3.8, 4) is 0 Å². The largest absolute Gasteiger partial charge is 0.324 e. The van der Waals surface area contributed by atoms with Gasteiger partial charge in [0.1, 0.15) is 12.4 Å². The van der Waals surface area contributed by atoms with E-state index in [0.29, 0.717) is 11.6 Å². The van der Waals surface area contributed by atoms with Crippen LogP contribution in [0.15, 0.2) is 52.8 Å². The van der Waals surface area contributed by atoms with Crippen molar-refractivity contribution in [3.63, 3.8) is 0 Å². The summed E-state index contributed by atoms with van der Waals surface area (Å²) in [7, 11) is 0. The van der Waals surface area contributed by atoms with E-state index in [9.17, 15) is 18.8 Å². The smallest absolute Gasteiger partial charge is 0.263 e. The van der Waals surface area contributed by atoms with Crippen LogP contribution >= 0.6 is 11.6 Å². The quantitative estimate of drug-likeness (QED) is 0.715. The molecule has 160 valence electrons. The molecule has 2 aliphatic rings. The molecule has 2 atom stereocenters. The van der Waals surface area contributed by atoms with Gasteiger partial charge in [0.15, 0.2) is 12.1 Å². The number of hydrogen-bond donors (Lipinski definition) is 1. The summed E-state index contributed by atoms with van der Waals surface area (Å²) in [6, 6.07) is 8.91. The van der Waals surface area contributed by atoms with E-state index >= 15 is 0 Å². The van der Waals surface area contributed by atoms with Gasteiger partial charge in [0, 0.05) is 5.69 Å². The number of anilines is 2. The zero-order chi connectivity index (χ0) is 22.3. The summed E-state index contributed by atoms with van der Waals surface area (Å²) >= 11 is 5.78. The number of fused-ring (bicyclic) bond motifs is 1. The second kappa shape index (κ2) is 8.07. The third-order valence-electron chi connectivity index (χ3n) is 5.19. The highest BCUT2D eigenvalue weighted by molar-refractivity contribution is 6.32. The van der Waals surface area contributed by atoms with Crippen LogP contribution in [-0.2, 0) is 14.4 Å². The minimum Gasteiger partial charge on any atom is -0.324 e. The van der Waals surface area contributed by atoms with E-state index in [0.717, 1.165) is 16.5 Å². The topological polar surface area (TPSA) is 94.4 Å². The van der Waals surface area contributed by atoms with E-state index in [1.54, 1.807) is 12.1 Å². The van der Waals surface area contributed by atoms with Gasteiger partial charge in [-0.1, -0.05) is 42.8 Å². The molecule has 0 radical (unpaired) electrons. The lowest BCUT2D eigenvalue weighted by atomic mass is 10.0. The molecule has 0 bridgehead atoms. The van der Waals surface area contributed by atoms with Crippen LogP contribution in [0, 0.1) is 5.82 Å². The maximum absolute atomic E-state index is 13.5. The number of carbonyl (C=O) groups excluding carboxylic acids is 3. The van der Waals surface area contributed by atoms with Crippen molar-refractivity contribution in [2.24, 2.45) is 10.3 Å². The Morgan fingerprint density at radius 1 is 1.16 bits per heavy atom. The minimum absolute atomic E-state index is 0.139. The molecule has 1 N–H and O–H groups in total. The number of rotatable bonds is 5. The monoisotopic (exact) mass is 443 g/mol. The maximum Gasteiger partial charge on any atom is 0.263 e. The second-order valence-corrected chi connectivity index (χ2v) is 8.03. The molecule has 4 rings (SSSR count). The molecule has 8 nitrogen and oxygen atoms in total. The summed E-state index contributed by atoms with van der Waals surface area (Å²) in [6.45, 7) is 3.89. The predicted octanol–water partition coefficient (Wildman–Crippen LogP) is 3.53. The number of halogens is 2. The van der Waals surface area contributed by atoms with Crippen molar-refractivity contribution < 1.29 is 18.8 Å². The predicted molar refractivity (Wildman–Crippen MR) is 112 cm³/mol. The summed E-state index contributed by atoms with van der Waals surface area (Å²) in [5.41, 5.74) is 1.89. The number of hydrogen-bond acceptors (Lipinski definition) is 6.